The SMILES string of the molecule is COc1cc(CN2CCN(Cc3ccc(OC)c(C)c3C)[C@H](CCO)C2)ccc1O. The molecular weight excluding hydrogens is 380 g/mol. The number of rotatable bonds is 8. The van der Waals surface area contributed by atoms with E-state index in [0.717, 1.165) is 50.5 Å². The highest BCUT2D eigenvalue weighted by Crippen LogP contribution is 2.29. The number of aliphatic hydroxyl groups is 1. The molecular formula is C24H34N2O4. The van der Waals surface area contributed by atoms with Crippen LogP contribution in [0.2, 0.25) is 0 Å². The molecule has 3 rings (SSSR count). The molecule has 1 atom stereocenters. The molecule has 1 aliphatic rings. The number of hydrogen-bond acceptors (Lipinski definition) is 6. The van der Waals surface area contributed by atoms with Gasteiger partial charge >= 0.3 is 0 Å². The smallest absolute Gasteiger partial charge is 0.160 e. The van der Waals surface area contributed by atoms with E-state index in [1.807, 2.05) is 18.2 Å². The Bertz CT molecular complexity index is 855. The first-order valence-corrected chi connectivity index (χ1v) is 10.5. The van der Waals surface area contributed by atoms with E-state index in [0.29, 0.717) is 11.8 Å². The summed E-state index contributed by atoms with van der Waals surface area (Å²) in [6, 6.07) is 10.0. The molecule has 0 amide bonds. The van der Waals surface area contributed by atoms with Crippen molar-refractivity contribution in [2.24, 2.45) is 0 Å². The summed E-state index contributed by atoms with van der Waals surface area (Å²) in [5.74, 6) is 1.59. The number of nitrogens with zero attached hydrogens (tertiary/aromatic N) is 2. The highest BCUT2D eigenvalue weighted by atomic mass is 16.5. The van der Waals surface area contributed by atoms with Crippen LogP contribution in [0.3, 0.4) is 0 Å². The normalized spacial score (nSPS) is 17.8. The van der Waals surface area contributed by atoms with Gasteiger partial charge < -0.3 is 19.7 Å². The summed E-state index contributed by atoms with van der Waals surface area (Å²) in [5.41, 5.74) is 4.89. The molecule has 2 aromatic carbocycles. The zero-order valence-corrected chi connectivity index (χ0v) is 18.5. The van der Waals surface area contributed by atoms with Crippen LogP contribution in [0.15, 0.2) is 30.3 Å². The van der Waals surface area contributed by atoms with Crippen LogP contribution in [0.4, 0.5) is 0 Å². The number of phenols is 1. The molecule has 30 heavy (non-hydrogen) atoms. The second-order valence-electron chi connectivity index (χ2n) is 8.05. The van der Waals surface area contributed by atoms with Gasteiger partial charge in [-0.05, 0) is 60.7 Å². The van der Waals surface area contributed by atoms with E-state index in [9.17, 15) is 10.2 Å². The second-order valence-corrected chi connectivity index (χ2v) is 8.05. The van der Waals surface area contributed by atoms with Gasteiger partial charge in [-0.2, -0.15) is 0 Å². The lowest BCUT2D eigenvalue weighted by molar-refractivity contribution is 0.0498. The summed E-state index contributed by atoms with van der Waals surface area (Å²) in [6.45, 7) is 8.93. The molecule has 164 valence electrons. The third-order valence-corrected chi connectivity index (χ3v) is 6.24. The highest BCUT2D eigenvalue weighted by Gasteiger charge is 2.27. The fourth-order valence-electron chi connectivity index (χ4n) is 4.27. The van der Waals surface area contributed by atoms with Crippen molar-refractivity contribution >= 4 is 0 Å². The molecule has 1 fully saturated rings. The predicted molar refractivity (Wildman–Crippen MR) is 118 cm³/mol. The van der Waals surface area contributed by atoms with Gasteiger partial charge in [0.15, 0.2) is 11.5 Å². The number of methoxy groups -OCH3 is 2. The number of hydrogen-bond donors (Lipinski definition) is 2. The van der Waals surface area contributed by atoms with Crippen LogP contribution < -0.4 is 9.47 Å². The van der Waals surface area contributed by atoms with Crippen LogP contribution in [0, 0.1) is 13.8 Å². The number of piperazine rings is 1. The summed E-state index contributed by atoms with van der Waals surface area (Å²) in [5, 5.41) is 19.5. The number of aromatic hydroxyl groups is 1. The molecule has 0 radical (unpaired) electrons. The highest BCUT2D eigenvalue weighted by molar-refractivity contribution is 5.43. The maximum atomic E-state index is 9.82. The molecule has 0 unspecified atom stereocenters. The maximum absolute atomic E-state index is 9.82. The summed E-state index contributed by atoms with van der Waals surface area (Å²) in [6.07, 6.45) is 0.754. The Labute approximate surface area is 179 Å². The number of ether oxygens (including phenoxy) is 2. The molecule has 0 bridgehead atoms. The van der Waals surface area contributed by atoms with Crippen LogP contribution in [-0.4, -0.2) is 66.5 Å². The Balaban J connectivity index is 1.69. The molecule has 6 heteroatoms. The minimum Gasteiger partial charge on any atom is -0.504 e. The van der Waals surface area contributed by atoms with Crippen molar-refractivity contribution in [3.8, 4) is 17.2 Å². The molecule has 2 aromatic rings. The van der Waals surface area contributed by atoms with Crippen LogP contribution in [0.1, 0.15) is 28.7 Å². The summed E-state index contributed by atoms with van der Waals surface area (Å²) in [7, 11) is 3.28. The van der Waals surface area contributed by atoms with Crippen molar-refractivity contribution in [2.75, 3.05) is 40.5 Å². The van der Waals surface area contributed by atoms with E-state index in [2.05, 4.69) is 29.7 Å². The number of aliphatic hydroxyl groups excluding tert-OH is 1. The van der Waals surface area contributed by atoms with Gasteiger partial charge in [0, 0.05) is 45.4 Å². The van der Waals surface area contributed by atoms with Crippen LogP contribution in [0.25, 0.3) is 0 Å². The number of phenolic OH excluding ortho intramolecular Hbond substituents is 1. The lowest BCUT2D eigenvalue weighted by atomic mass is 10.00. The minimum atomic E-state index is 0.161. The molecule has 0 aliphatic carbocycles. The minimum absolute atomic E-state index is 0.161. The Morgan fingerprint density at radius 1 is 0.967 bits per heavy atom. The van der Waals surface area contributed by atoms with Crippen molar-refractivity contribution in [3.63, 3.8) is 0 Å². The van der Waals surface area contributed by atoms with Gasteiger partial charge in [-0.1, -0.05) is 12.1 Å². The fraction of sp³-hybridized carbons (Fsp3) is 0.500. The maximum Gasteiger partial charge on any atom is 0.160 e. The molecule has 1 saturated heterocycles. The predicted octanol–water partition coefficient (Wildman–Crippen LogP) is 3.10. The van der Waals surface area contributed by atoms with E-state index in [-0.39, 0.29) is 12.4 Å². The molecule has 6 nitrogen and oxygen atoms in total. The monoisotopic (exact) mass is 414 g/mol. The van der Waals surface area contributed by atoms with Crippen molar-refractivity contribution in [3.05, 3.63) is 52.6 Å². The van der Waals surface area contributed by atoms with Gasteiger partial charge in [-0.25, -0.2) is 0 Å². The Kier molecular flexibility index (Phi) is 7.58. The fourth-order valence-corrected chi connectivity index (χ4v) is 4.27. The molecule has 0 spiro atoms. The summed E-state index contributed by atoms with van der Waals surface area (Å²) < 4.78 is 10.7. The first-order valence-electron chi connectivity index (χ1n) is 10.5. The van der Waals surface area contributed by atoms with Crippen LogP contribution in [0.5, 0.6) is 17.2 Å². The summed E-state index contributed by atoms with van der Waals surface area (Å²) in [4.78, 5) is 4.90. The lowest BCUT2D eigenvalue weighted by Gasteiger charge is -2.41. The van der Waals surface area contributed by atoms with Crippen molar-refractivity contribution in [1.82, 2.24) is 9.80 Å². The average molecular weight is 415 g/mol. The van der Waals surface area contributed by atoms with E-state index < -0.39 is 0 Å². The molecule has 0 saturated carbocycles. The standard InChI is InChI=1S/C24H34N2O4/c1-17-18(2)23(29-3)8-6-20(17)15-26-11-10-25(16-21(26)9-12-27)14-19-5-7-22(28)24(13-19)30-4/h5-8,13,21,27-28H,9-12,14-16H2,1-4H3/t21-/m1/s1. The van der Waals surface area contributed by atoms with E-state index >= 15 is 0 Å². The quantitative estimate of drug-likeness (QED) is 0.692. The topological polar surface area (TPSA) is 65.4 Å². The molecule has 2 N–H and O–H groups in total. The molecule has 0 aromatic heterocycles. The average Bonchev–Trinajstić information content (AvgIpc) is 2.75. The van der Waals surface area contributed by atoms with Crippen molar-refractivity contribution < 1.29 is 19.7 Å². The number of benzene rings is 2. The van der Waals surface area contributed by atoms with Crippen molar-refractivity contribution in [1.29, 1.82) is 0 Å². The van der Waals surface area contributed by atoms with E-state index in [1.165, 1.54) is 16.7 Å². The first kappa shape index (κ1) is 22.4. The largest absolute Gasteiger partial charge is 0.504 e. The van der Waals surface area contributed by atoms with E-state index in [4.69, 9.17) is 9.47 Å². The van der Waals surface area contributed by atoms with Gasteiger partial charge in [0.05, 0.1) is 14.2 Å². The van der Waals surface area contributed by atoms with Crippen LogP contribution >= 0.6 is 0 Å². The van der Waals surface area contributed by atoms with Crippen LogP contribution in [-0.2, 0) is 13.1 Å². The third kappa shape index (κ3) is 5.06. The van der Waals surface area contributed by atoms with Gasteiger partial charge in [0.25, 0.3) is 0 Å². The van der Waals surface area contributed by atoms with Crippen molar-refractivity contribution in [2.45, 2.75) is 39.4 Å². The Morgan fingerprint density at radius 2 is 1.73 bits per heavy atom. The second kappa shape index (κ2) is 10.2. The Hall–Kier alpha value is -2.28. The Morgan fingerprint density at radius 3 is 2.43 bits per heavy atom. The van der Waals surface area contributed by atoms with Gasteiger partial charge in [0.2, 0.25) is 0 Å². The zero-order chi connectivity index (χ0) is 21.7. The van der Waals surface area contributed by atoms with E-state index in [1.54, 1.807) is 20.3 Å². The van der Waals surface area contributed by atoms with Gasteiger partial charge in [-0.3, -0.25) is 9.80 Å². The lowest BCUT2D eigenvalue weighted by Crippen LogP contribution is -2.52. The van der Waals surface area contributed by atoms with Gasteiger partial charge in [0.1, 0.15) is 5.75 Å². The molecule has 1 heterocycles. The van der Waals surface area contributed by atoms with Gasteiger partial charge in [-0.15, -0.1) is 0 Å². The molecule has 1 aliphatic heterocycles. The first-order chi connectivity index (χ1) is 14.5. The summed E-state index contributed by atoms with van der Waals surface area (Å²) >= 11 is 0. The zero-order valence-electron chi connectivity index (χ0n) is 18.5. The third-order valence-electron chi connectivity index (χ3n) is 6.24.